The van der Waals surface area contributed by atoms with E-state index in [0.717, 1.165) is 10.0 Å². The summed E-state index contributed by atoms with van der Waals surface area (Å²) in [6.07, 6.45) is 5.38. The van der Waals surface area contributed by atoms with Gasteiger partial charge >= 0.3 is 0 Å². The zero-order chi connectivity index (χ0) is 14.7. The van der Waals surface area contributed by atoms with E-state index in [1.165, 1.54) is 0 Å². The highest BCUT2D eigenvalue weighted by atomic mass is 79.9. The van der Waals surface area contributed by atoms with Crippen LogP contribution in [0.4, 0.5) is 0 Å². The molecular formula is C15H18BrN3O. The van der Waals surface area contributed by atoms with Crippen LogP contribution in [0.15, 0.2) is 41.3 Å². The third-order valence-corrected chi connectivity index (χ3v) is 3.59. The van der Waals surface area contributed by atoms with Crippen LogP contribution in [0.25, 0.3) is 0 Å². The third-order valence-electron chi connectivity index (χ3n) is 3.16. The predicted molar refractivity (Wildman–Crippen MR) is 82.6 cm³/mol. The minimum Gasteiger partial charge on any atom is -0.344 e. The van der Waals surface area contributed by atoms with Gasteiger partial charge in [-0.3, -0.25) is 9.78 Å². The number of aromatic nitrogens is 2. The number of halogens is 1. The van der Waals surface area contributed by atoms with Crippen LogP contribution in [0.1, 0.15) is 48.9 Å². The predicted octanol–water partition coefficient (Wildman–Crippen LogP) is 3.72. The highest BCUT2D eigenvalue weighted by molar-refractivity contribution is 9.10. The Kier molecular flexibility index (Phi) is 4.60. The Morgan fingerprint density at radius 3 is 2.55 bits per heavy atom. The zero-order valence-electron chi connectivity index (χ0n) is 11.8. The van der Waals surface area contributed by atoms with Crippen LogP contribution in [0.2, 0.25) is 0 Å². The third kappa shape index (κ3) is 3.28. The number of nitrogens with one attached hydrogen (secondary N) is 1. The number of amides is 1. The Morgan fingerprint density at radius 2 is 1.95 bits per heavy atom. The summed E-state index contributed by atoms with van der Waals surface area (Å²) in [7, 11) is 0. The average Bonchev–Trinajstić information content (AvgIpc) is 2.82. The quantitative estimate of drug-likeness (QED) is 0.925. The molecule has 2 aromatic heterocycles. The molecule has 5 heteroatoms. The fourth-order valence-electron chi connectivity index (χ4n) is 2.06. The van der Waals surface area contributed by atoms with Gasteiger partial charge in [-0.2, -0.15) is 0 Å². The molecule has 2 aromatic rings. The molecule has 1 atom stereocenters. The van der Waals surface area contributed by atoms with Gasteiger partial charge < -0.3 is 9.88 Å². The monoisotopic (exact) mass is 335 g/mol. The van der Waals surface area contributed by atoms with Gasteiger partial charge in [0, 0.05) is 29.1 Å². The second kappa shape index (κ2) is 6.22. The first-order valence-electron chi connectivity index (χ1n) is 6.57. The Morgan fingerprint density at radius 1 is 1.30 bits per heavy atom. The number of hydrogen-bond acceptors (Lipinski definition) is 2. The van der Waals surface area contributed by atoms with Crippen molar-refractivity contribution < 1.29 is 4.79 Å². The molecule has 0 aromatic carbocycles. The number of pyridine rings is 1. The molecule has 0 aliphatic rings. The fraction of sp³-hybridized carbons (Fsp3) is 0.333. The first-order valence-corrected chi connectivity index (χ1v) is 7.36. The van der Waals surface area contributed by atoms with Gasteiger partial charge in [-0.1, -0.05) is 0 Å². The van der Waals surface area contributed by atoms with Crippen LogP contribution in [-0.4, -0.2) is 15.5 Å². The van der Waals surface area contributed by atoms with Gasteiger partial charge in [-0.25, -0.2) is 0 Å². The van der Waals surface area contributed by atoms with E-state index in [2.05, 4.69) is 40.1 Å². The van der Waals surface area contributed by atoms with E-state index in [9.17, 15) is 4.79 Å². The van der Waals surface area contributed by atoms with E-state index in [1.807, 2.05) is 35.9 Å². The summed E-state index contributed by atoms with van der Waals surface area (Å²) in [5.41, 5.74) is 1.70. The minimum absolute atomic E-state index is 0.0558. The number of carbonyl (C=O) groups is 1. The lowest BCUT2D eigenvalue weighted by Crippen LogP contribution is -2.28. The van der Waals surface area contributed by atoms with Crippen LogP contribution in [0.3, 0.4) is 0 Å². The van der Waals surface area contributed by atoms with Crippen molar-refractivity contribution in [3.8, 4) is 0 Å². The summed E-state index contributed by atoms with van der Waals surface area (Å²) in [6.45, 7) is 6.07. The van der Waals surface area contributed by atoms with E-state index in [0.29, 0.717) is 5.69 Å². The van der Waals surface area contributed by atoms with Gasteiger partial charge in [-0.15, -0.1) is 0 Å². The summed E-state index contributed by atoms with van der Waals surface area (Å²) < 4.78 is 2.87. The van der Waals surface area contributed by atoms with Crippen molar-refractivity contribution in [3.63, 3.8) is 0 Å². The summed E-state index contributed by atoms with van der Waals surface area (Å²) >= 11 is 3.42. The molecule has 0 bridgehead atoms. The van der Waals surface area contributed by atoms with Crippen LogP contribution in [0.5, 0.6) is 0 Å². The molecule has 2 rings (SSSR count). The van der Waals surface area contributed by atoms with Gasteiger partial charge in [0.1, 0.15) is 5.69 Å². The Labute approximate surface area is 127 Å². The second-order valence-electron chi connectivity index (χ2n) is 5.02. The van der Waals surface area contributed by atoms with Gasteiger partial charge in [0.25, 0.3) is 5.91 Å². The molecule has 0 saturated carbocycles. The topological polar surface area (TPSA) is 46.9 Å². The maximum absolute atomic E-state index is 12.4. The molecule has 0 spiro atoms. The molecule has 1 N–H and O–H groups in total. The van der Waals surface area contributed by atoms with Crippen molar-refractivity contribution >= 4 is 21.8 Å². The SMILES string of the molecule is CC(NC(=O)c1cc(Br)cn1C(C)C)c1ccncc1. The first kappa shape index (κ1) is 14.8. The lowest BCUT2D eigenvalue weighted by Gasteiger charge is -2.16. The van der Waals surface area contributed by atoms with E-state index in [4.69, 9.17) is 0 Å². The summed E-state index contributed by atoms with van der Waals surface area (Å²) in [6, 6.07) is 5.83. The van der Waals surface area contributed by atoms with Crippen LogP contribution < -0.4 is 5.32 Å². The summed E-state index contributed by atoms with van der Waals surface area (Å²) in [4.78, 5) is 16.4. The fourth-order valence-corrected chi connectivity index (χ4v) is 2.50. The lowest BCUT2D eigenvalue weighted by molar-refractivity contribution is 0.0929. The Balaban J connectivity index is 2.16. The van der Waals surface area contributed by atoms with Crippen LogP contribution in [-0.2, 0) is 0 Å². The minimum atomic E-state index is -0.0753. The Bertz CT molecular complexity index is 592. The standard InChI is InChI=1S/C15H18BrN3O/c1-10(2)19-9-13(16)8-14(19)15(20)18-11(3)12-4-6-17-7-5-12/h4-11H,1-3H3,(H,18,20). The summed E-state index contributed by atoms with van der Waals surface area (Å²) in [5.74, 6) is -0.0753. The maximum atomic E-state index is 12.4. The molecule has 0 saturated heterocycles. The molecule has 4 nitrogen and oxygen atoms in total. The van der Waals surface area contributed by atoms with Crippen LogP contribution >= 0.6 is 15.9 Å². The molecule has 0 radical (unpaired) electrons. The van der Waals surface area contributed by atoms with Crippen molar-refractivity contribution in [2.45, 2.75) is 32.9 Å². The average molecular weight is 336 g/mol. The van der Waals surface area contributed by atoms with Crippen molar-refractivity contribution in [3.05, 3.63) is 52.5 Å². The Hall–Kier alpha value is -1.62. The molecule has 20 heavy (non-hydrogen) atoms. The van der Waals surface area contributed by atoms with E-state index >= 15 is 0 Å². The molecule has 0 aliphatic heterocycles. The molecular weight excluding hydrogens is 318 g/mol. The first-order chi connectivity index (χ1) is 9.49. The van der Waals surface area contributed by atoms with E-state index < -0.39 is 0 Å². The normalized spacial score (nSPS) is 12.4. The van der Waals surface area contributed by atoms with Crippen molar-refractivity contribution in [1.29, 1.82) is 0 Å². The number of hydrogen-bond donors (Lipinski definition) is 1. The molecule has 1 amide bonds. The van der Waals surface area contributed by atoms with Gasteiger partial charge in [0.05, 0.1) is 6.04 Å². The van der Waals surface area contributed by atoms with Gasteiger partial charge in [0.2, 0.25) is 0 Å². The van der Waals surface area contributed by atoms with Crippen molar-refractivity contribution in [2.24, 2.45) is 0 Å². The lowest BCUT2D eigenvalue weighted by atomic mass is 10.1. The smallest absolute Gasteiger partial charge is 0.268 e. The van der Waals surface area contributed by atoms with Gasteiger partial charge in [-0.05, 0) is 60.5 Å². The van der Waals surface area contributed by atoms with E-state index in [-0.39, 0.29) is 18.0 Å². The van der Waals surface area contributed by atoms with Crippen LogP contribution in [0, 0.1) is 0 Å². The molecule has 1 unspecified atom stereocenters. The molecule has 0 aliphatic carbocycles. The number of nitrogens with zero attached hydrogens (tertiary/aromatic N) is 2. The second-order valence-corrected chi connectivity index (χ2v) is 5.94. The molecule has 2 heterocycles. The number of rotatable bonds is 4. The molecule has 106 valence electrons. The number of carbonyl (C=O) groups excluding carboxylic acids is 1. The van der Waals surface area contributed by atoms with E-state index in [1.54, 1.807) is 12.4 Å². The highest BCUT2D eigenvalue weighted by Gasteiger charge is 2.17. The molecule has 0 fully saturated rings. The van der Waals surface area contributed by atoms with Crippen molar-refractivity contribution in [2.75, 3.05) is 0 Å². The van der Waals surface area contributed by atoms with Crippen molar-refractivity contribution in [1.82, 2.24) is 14.9 Å². The summed E-state index contributed by atoms with van der Waals surface area (Å²) in [5, 5.41) is 3.01. The van der Waals surface area contributed by atoms with Gasteiger partial charge in [0.15, 0.2) is 0 Å². The zero-order valence-corrected chi connectivity index (χ0v) is 13.4. The highest BCUT2D eigenvalue weighted by Crippen LogP contribution is 2.20. The largest absolute Gasteiger partial charge is 0.344 e. The maximum Gasteiger partial charge on any atom is 0.268 e.